The van der Waals surface area contributed by atoms with E-state index in [2.05, 4.69) is 121 Å². The fourth-order valence-corrected chi connectivity index (χ4v) is 11.5. The first-order chi connectivity index (χ1) is 11.2. The summed E-state index contributed by atoms with van der Waals surface area (Å²) in [7, 11) is -2.68. The average molecular weight is 374 g/mol. The van der Waals surface area contributed by atoms with Crippen LogP contribution in [0.15, 0.2) is 48.5 Å². The molecule has 0 aromatic heterocycles. The minimum absolute atomic E-state index is 0.433. The van der Waals surface area contributed by atoms with Gasteiger partial charge in [0, 0.05) is 0 Å². The highest BCUT2D eigenvalue weighted by atomic mass is 28.4. The third-order valence-electron chi connectivity index (χ3n) is 6.03. The molecule has 2 aromatic rings. The maximum atomic E-state index is 4.09. The van der Waals surface area contributed by atoms with Crippen molar-refractivity contribution in [1.82, 2.24) is 4.65 Å². The van der Waals surface area contributed by atoms with Gasteiger partial charge in [0.1, 0.15) is 16.5 Å². The maximum Gasteiger partial charge on any atom is 0.118 e. The van der Waals surface area contributed by atoms with Crippen molar-refractivity contribution in [1.29, 1.82) is 0 Å². The lowest BCUT2D eigenvalue weighted by atomic mass is 10.1. The van der Waals surface area contributed by atoms with E-state index < -0.39 is 16.5 Å². The number of hydrogen-bond acceptors (Lipinski definition) is 1. The summed E-state index contributed by atoms with van der Waals surface area (Å²) in [5.41, 5.74) is 0. The first-order valence-corrected chi connectivity index (χ1v) is 15.4. The minimum atomic E-state index is -1.34. The molecule has 1 nitrogen and oxygen atoms in total. The molecule has 0 fully saturated rings. The van der Waals surface area contributed by atoms with E-state index >= 15 is 0 Å². The molecule has 0 aliphatic carbocycles. The molecule has 0 bridgehead atoms. The van der Waals surface area contributed by atoms with Crippen molar-refractivity contribution in [2.75, 3.05) is 0 Å². The molecule has 0 saturated heterocycles. The Morgan fingerprint density at radius 1 is 0.560 bits per heavy atom. The SMILES string of the molecule is CC(C)(C)[Si](C)(C)N[Si](C)(C)C(C)(C)C.c1ccc2ccccc2c1. The Labute approximate surface area is 158 Å². The van der Waals surface area contributed by atoms with Gasteiger partial charge in [-0.25, -0.2) is 0 Å². The molecule has 0 amide bonds. The van der Waals surface area contributed by atoms with E-state index in [9.17, 15) is 0 Å². The molecule has 0 aliphatic rings. The van der Waals surface area contributed by atoms with E-state index in [-0.39, 0.29) is 0 Å². The van der Waals surface area contributed by atoms with Gasteiger partial charge in [-0.1, -0.05) is 116 Å². The van der Waals surface area contributed by atoms with Gasteiger partial charge < -0.3 is 4.65 Å². The van der Waals surface area contributed by atoms with Crippen molar-refractivity contribution < 1.29 is 0 Å². The second kappa shape index (κ2) is 7.77. The molecule has 0 aliphatic heterocycles. The van der Waals surface area contributed by atoms with Gasteiger partial charge in [0.25, 0.3) is 0 Å². The maximum absolute atomic E-state index is 4.09. The molecule has 0 unspecified atom stereocenters. The lowest BCUT2D eigenvalue weighted by Crippen LogP contribution is -2.66. The van der Waals surface area contributed by atoms with Gasteiger partial charge in [-0.15, -0.1) is 0 Å². The Kier molecular flexibility index (Phi) is 6.88. The number of hydrogen-bond donors (Lipinski definition) is 1. The molecule has 0 saturated carbocycles. The van der Waals surface area contributed by atoms with E-state index in [0.29, 0.717) is 10.1 Å². The molecule has 140 valence electrons. The molecule has 0 spiro atoms. The van der Waals surface area contributed by atoms with Crippen molar-refractivity contribution in [3.05, 3.63) is 48.5 Å². The van der Waals surface area contributed by atoms with E-state index in [1.54, 1.807) is 0 Å². The topological polar surface area (TPSA) is 12.0 Å². The predicted molar refractivity (Wildman–Crippen MR) is 121 cm³/mol. The quantitative estimate of drug-likeness (QED) is 0.540. The predicted octanol–water partition coefficient (Wildman–Crippen LogP) is 7.43. The molecule has 2 rings (SSSR count). The third-order valence-corrected chi connectivity index (χ3v) is 18.5. The van der Waals surface area contributed by atoms with Crippen LogP contribution in [0.1, 0.15) is 41.5 Å². The van der Waals surface area contributed by atoms with E-state index in [1.165, 1.54) is 10.8 Å². The normalized spacial score (nSPS) is 13.4. The summed E-state index contributed by atoms with van der Waals surface area (Å²) in [5, 5.41) is 3.49. The van der Waals surface area contributed by atoms with Crippen LogP contribution in [0.4, 0.5) is 0 Å². The summed E-state index contributed by atoms with van der Waals surface area (Å²) in [5.74, 6) is 0. The zero-order valence-electron chi connectivity index (χ0n) is 18.1. The van der Waals surface area contributed by atoms with Crippen LogP contribution in [0, 0.1) is 0 Å². The highest BCUT2D eigenvalue weighted by molar-refractivity contribution is 6.93. The Bertz CT molecular complexity index is 587. The summed E-state index contributed by atoms with van der Waals surface area (Å²) in [6.45, 7) is 24.1. The van der Waals surface area contributed by atoms with Crippen molar-refractivity contribution in [2.45, 2.75) is 77.8 Å². The summed E-state index contributed by atoms with van der Waals surface area (Å²) in [4.78, 5) is 0. The minimum Gasteiger partial charge on any atom is -0.359 e. The first-order valence-electron chi connectivity index (χ1n) is 9.40. The lowest BCUT2D eigenvalue weighted by Gasteiger charge is -2.48. The highest BCUT2D eigenvalue weighted by Crippen LogP contribution is 2.40. The van der Waals surface area contributed by atoms with Gasteiger partial charge in [0.2, 0.25) is 0 Å². The molecule has 25 heavy (non-hydrogen) atoms. The molecule has 0 atom stereocenters. The Morgan fingerprint density at radius 2 is 0.800 bits per heavy atom. The van der Waals surface area contributed by atoms with Crippen molar-refractivity contribution in [3.8, 4) is 0 Å². The third kappa shape index (κ3) is 6.08. The van der Waals surface area contributed by atoms with Gasteiger partial charge in [-0.2, -0.15) is 0 Å². The Morgan fingerprint density at radius 3 is 1.00 bits per heavy atom. The second-order valence-corrected chi connectivity index (χ2v) is 20.7. The van der Waals surface area contributed by atoms with Crippen LogP contribution in [0.3, 0.4) is 0 Å². The largest absolute Gasteiger partial charge is 0.359 e. The van der Waals surface area contributed by atoms with Gasteiger partial charge in [0.05, 0.1) is 0 Å². The Hall–Kier alpha value is -0.906. The molecule has 0 radical (unpaired) electrons. The second-order valence-electron chi connectivity index (χ2n) is 10.2. The number of rotatable bonds is 2. The summed E-state index contributed by atoms with van der Waals surface area (Å²) in [6, 6.07) is 16.7. The zero-order valence-corrected chi connectivity index (χ0v) is 20.1. The molecule has 0 heterocycles. The fraction of sp³-hybridized carbons (Fsp3) is 0.545. The summed E-state index contributed by atoms with van der Waals surface area (Å²) < 4.78 is 4.09. The average Bonchev–Trinajstić information content (AvgIpc) is 2.44. The Balaban J connectivity index is 0.000000267. The van der Waals surface area contributed by atoms with E-state index in [4.69, 9.17) is 0 Å². The monoisotopic (exact) mass is 373 g/mol. The zero-order chi connectivity index (χ0) is 19.5. The standard InChI is InChI=1S/C12H31NSi2.C10H8/c1-11(2,3)14(7,8)13-15(9,10)12(4,5)6;1-2-6-10-8-4-3-7-9(10)5-1/h13H,1-10H3;1-8H. The van der Waals surface area contributed by atoms with Gasteiger partial charge in [0.15, 0.2) is 0 Å². The van der Waals surface area contributed by atoms with Crippen LogP contribution in [0.5, 0.6) is 0 Å². The van der Waals surface area contributed by atoms with Crippen LogP contribution in [-0.4, -0.2) is 16.5 Å². The van der Waals surface area contributed by atoms with E-state index in [1.807, 2.05) is 0 Å². The first kappa shape index (κ1) is 22.1. The van der Waals surface area contributed by atoms with Gasteiger partial charge in [-0.3, -0.25) is 0 Å². The molecular weight excluding hydrogens is 334 g/mol. The van der Waals surface area contributed by atoms with Crippen molar-refractivity contribution in [2.24, 2.45) is 0 Å². The van der Waals surface area contributed by atoms with Crippen LogP contribution in [0.25, 0.3) is 10.8 Å². The van der Waals surface area contributed by atoms with Crippen LogP contribution in [0.2, 0.25) is 36.3 Å². The smallest absolute Gasteiger partial charge is 0.118 e. The van der Waals surface area contributed by atoms with Crippen molar-refractivity contribution in [3.63, 3.8) is 0 Å². The molecule has 3 heteroatoms. The van der Waals surface area contributed by atoms with Crippen molar-refractivity contribution >= 4 is 27.2 Å². The van der Waals surface area contributed by atoms with Gasteiger partial charge in [-0.05, 0) is 20.8 Å². The number of nitrogens with one attached hydrogen (secondary N) is 1. The highest BCUT2D eigenvalue weighted by Gasteiger charge is 2.44. The molecule has 2 aromatic carbocycles. The van der Waals surface area contributed by atoms with Gasteiger partial charge >= 0.3 is 0 Å². The van der Waals surface area contributed by atoms with Crippen LogP contribution >= 0.6 is 0 Å². The molecule has 1 N–H and O–H groups in total. The number of benzene rings is 2. The molecular formula is C22H39NSi2. The lowest BCUT2D eigenvalue weighted by molar-refractivity contribution is 0.682. The summed E-state index contributed by atoms with van der Waals surface area (Å²) in [6.07, 6.45) is 0. The fourth-order valence-electron chi connectivity index (χ4n) is 2.29. The van der Waals surface area contributed by atoms with Crippen LogP contribution in [-0.2, 0) is 0 Å². The number of fused-ring (bicyclic) bond motifs is 1. The summed E-state index contributed by atoms with van der Waals surface area (Å²) >= 11 is 0. The van der Waals surface area contributed by atoms with E-state index in [0.717, 1.165) is 0 Å². The van der Waals surface area contributed by atoms with Crippen LogP contribution < -0.4 is 4.65 Å².